The van der Waals surface area contributed by atoms with E-state index in [0.29, 0.717) is 17.1 Å². The minimum atomic E-state index is -0.515. The molecule has 0 aliphatic carbocycles. The van der Waals surface area contributed by atoms with Gasteiger partial charge in [-0.05, 0) is 48.5 Å². The summed E-state index contributed by atoms with van der Waals surface area (Å²) in [7, 11) is 5.25. The number of para-hydroxylation sites is 1. The van der Waals surface area contributed by atoms with E-state index in [-0.39, 0.29) is 11.5 Å². The molecule has 0 unspecified atom stereocenters. The fourth-order valence-corrected chi connectivity index (χ4v) is 2.71. The summed E-state index contributed by atoms with van der Waals surface area (Å²) in [4.78, 5) is 30.8. The maximum atomic E-state index is 12.7. The Hall–Kier alpha value is -3.87. The van der Waals surface area contributed by atoms with Gasteiger partial charge in [-0.3, -0.25) is 4.79 Å². The van der Waals surface area contributed by atoms with E-state index in [9.17, 15) is 9.59 Å². The maximum absolute atomic E-state index is 12.7. The number of nitrogens with one attached hydrogen (secondary N) is 2. The Morgan fingerprint density at radius 2 is 1.72 bits per heavy atom. The van der Waals surface area contributed by atoms with E-state index in [4.69, 9.17) is 4.74 Å². The lowest BCUT2D eigenvalue weighted by molar-refractivity contribution is 0.0602. The Morgan fingerprint density at radius 1 is 1.00 bits per heavy atom. The molecule has 0 spiro atoms. The van der Waals surface area contributed by atoms with Gasteiger partial charge in [0, 0.05) is 37.2 Å². The molecule has 0 aliphatic heterocycles. The molecule has 0 saturated carbocycles. The summed E-state index contributed by atoms with van der Waals surface area (Å²) in [6, 6.07) is 17.8. The van der Waals surface area contributed by atoms with E-state index < -0.39 is 5.97 Å². The van der Waals surface area contributed by atoms with Gasteiger partial charge in [0.05, 0.1) is 18.4 Å². The maximum Gasteiger partial charge on any atom is 0.339 e. The summed E-state index contributed by atoms with van der Waals surface area (Å²) in [5, 5.41) is 5.94. The second kappa shape index (κ2) is 8.88. The van der Waals surface area contributed by atoms with E-state index in [2.05, 4.69) is 15.6 Å². The number of anilines is 4. The second-order valence-corrected chi connectivity index (χ2v) is 6.49. The fraction of sp³-hybridized carbons (Fsp3) is 0.136. The lowest BCUT2D eigenvalue weighted by Crippen LogP contribution is -2.15. The number of nitrogens with zero attached hydrogens (tertiary/aromatic N) is 2. The highest BCUT2D eigenvalue weighted by molar-refractivity contribution is 6.08. The molecule has 7 nitrogen and oxygen atoms in total. The lowest BCUT2D eigenvalue weighted by atomic mass is 10.1. The van der Waals surface area contributed by atoms with Gasteiger partial charge in [-0.25, -0.2) is 9.78 Å². The zero-order valence-electron chi connectivity index (χ0n) is 16.5. The van der Waals surface area contributed by atoms with Crippen molar-refractivity contribution in [3.63, 3.8) is 0 Å². The zero-order valence-corrected chi connectivity index (χ0v) is 16.5. The Balaban J connectivity index is 1.76. The predicted octanol–water partition coefficient (Wildman–Crippen LogP) is 3.93. The normalized spacial score (nSPS) is 10.2. The lowest BCUT2D eigenvalue weighted by Gasteiger charge is -2.13. The molecule has 2 aromatic carbocycles. The molecule has 1 aromatic heterocycles. The molecule has 0 saturated heterocycles. The highest BCUT2D eigenvalue weighted by atomic mass is 16.5. The van der Waals surface area contributed by atoms with Gasteiger partial charge in [-0.1, -0.05) is 12.1 Å². The number of carbonyl (C=O) groups is 2. The molecule has 0 atom stereocenters. The fourth-order valence-electron chi connectivity index (χ4n) is 2.71. The monoisotopic (exact) mass is 390 g/mol. The quantitative estimate of drug-likeness (QED) is 0.621. The van der Waals surface area contributed by atoms with Crippen LogP contribution in [0.25, 0.3) is 0 Å². The SMILES string of the molecule is COC(=O)c1ccccc1NC(=O)c1ccnc(Nc2ccc(N(C)C)cc2)c1. The minimum absolute atomic E-state index is 0.289. The van der Waals surface area contributed by atoms with Crippen LogP contribution in [0.2, 0.25) is 0 Å². The molecule has 3 rings (SSSR count). The van der Waals surface area contributed by atoms with Crippen LogP contribution in [0.1, 0.15) is 20.7 Å². The number of esters is 1. The molecule has 2 N–H and O–H groups in total. The van der Waals surface area contributed by atoms with Gasteiger partial charge in [0.25, 0.3) is 5.91 Å². The van der Waals surface area contributed by atoms with Crippen molar-refractivity contribution in [2.75, 3.05) is 36.7 Å². The van der Waals surface area contributed by atoms with Crippen molar-refractivity contribution in [3.8, 4) is 0 Å². The van der Waals surface area contributed by atoms with Crippen LogP contribution in [0.5, 0.6) is 0 Å². The van der Waals surface area contributed by atoms with Crippen molar-refractivity contribution < 1.29 is 14.3 Å². The number of rotatable bonds is 6. The van der Waals surface area contributed by atoms with Gasteiger partial charge in [0.15, 0.2) is 0 Å². The van der Waals surface area contributed by atoms with Crippen LogP contribution in [-0.2, 0) is 4.74 Å². The molecule has 1 heterocycles. The van der Waals surface area contributed by atoms with Crippen LogP contribution >= 0.6 is 0 Å². The summed E-state index contributed by atoms with van der Waals surface area (Å²) < 4.78 is 4.76. The number of aromatic nitrogens is 1. The zero-order chi connectivity index (χ0) is 20.8. The molecular weight excluding hydrogens is 368 g/mol. The van der Waals surface area contributed by atoms with Crippen LogP contribution in [0.3, 0.4) is 0 Å². The minimum Gasteiger partial charge on any atom is -0.465 e. The average Bonchev–Trinajstić information content (AvgIpc) is 2.74. The van der Waals surface area contributed by atoms with Crippen molar-refractivity contribution in [1.29, 1.82) is 0 Å². The van der Waals surface area contributed by atoms with Gasteiger partial charge in [-0.2, -0.15) is 0 Å². The first-order valence-corrected chi connectivity index (χ1v) is 8.97. The Morgan fingerprint density at radius 3 is 2.41 bits per heavy atom. The molecule has 3 aromatic rings. The number of methoxy groups -OCH3 is 1. The predicted molar refractivity (Wildman–Crippen MR) is 114 cm³/mol. The van der Waals surface area contributed by atoms with Crippen LogP contribution in [0.4, 0.5) is 22.9 Å². The number of benzene rings is 2. The van der Waals surface area contributed by atoms with Crippen molar-refractivity contribution >= 4 is 34.8 Å². The van der Waals surface area contributed by atoms with E-state index in [1.54, 1.807) is 42.6 Å². The molecule has 148 valence electrons. The number of carbonyl (C=O) groups excluding carboxylic acids is 2. The number of hydrogen-bond donors (Lipinski definition) is 2. The first-order valence-electron chi connectivity index (χ1n) is 8.97. The van der Waals surface area contributed by atoms with Crippen LogP contribution in [0.15, 0.2) is 66.9 Å². The number of ether oxygens (including phenoxy) is 1. The standard InChI is InChI=1S/C22H22N4O3/c1-26(2)17-10-8-16(9-11-17)24-20-14-15(12-13-23-20)21(27)25-19-7-5-4-6-18(19)22(28)29-3/h4-14H,1-3H3,(H,23,24)(H,25,27). The Labute approximate surface area is 169 Å². The highest BCUT2D eigenvalue weighted by Crippen LogP contribution is 2.21. The van der Waals surface area contributed by atoms with Crippen molar-refractivity contribution in [3.05, 3.63) is 78.0 Å². The molecule has 1 amide bonds. The highest BCUT2D eigenvalue weighted by Gasteiger charge is 2.14. The van der Waals surface area contributed by atoms with Crippen molar-refractivity contribution in [1.82, 2.24) is 4.98 Å². The molecule has 0 bridgehead atoms. The molecule has 29 heavy (non-hydrogen) atoms. The Bertz CT molecular complexity index is 1020. The molecule has 0 aliphatic rings. The second-order valence-electron chi connectivity index (χ2n) is 6.49. The number of pyridine rings is 1. The third kappa shape index (κ3) is 4.90. The van der Waals surface area contributed by atoms with Crippen LogP contribution in [-0.4, -0.2) is 38.1 Å². The first-order chi connectivity index (χ1) is 14.0. The summed E-state index contributed by atoms with van der Waals surface area (Å²) in [5.41, 5.74) is 3.02. The van der Waals surface area contributed by atoms with Crippen molar-refractivity contribution in [2.24, 2.45) is 0 Å². The van der Waals surface area contributed by atoms with E-state index in [1.165, 1.54) is 7.11 Å². The molecule has 0 fully saturated rings. The van der Waals surface area contributed by atoms with Crippen LogP contribution in [0, 0.1) is 0 Å². The Kier molecular flexibility index (Phi) is 6.09. The van der Waals surface area contributed by atoms with Crippen LogP contribution < -0.4 is 15.5 Å². The third-order valence-electron chi connectivity index (χ3n) is 4.26. The molecule has 0 radical (unpaired) electrons. The summed E-state index contributed by atoms with van der Waals surface area (Å²) in [5.74, 6) is -0.328. The van der Waals surface area contributed by atoms with E-state index in [1.807, 2.05) is 43.3 Å². The van der Waals surface area contributed by atoms with Crippen molar-refractivity contribution in [2.45, 2.75) is 0 Å². The largest absolute Gasteiger partial charge is 0.465 e. The number of amides is 1. The smallest absolute Gasteiger partial charge is 0.339 e. The van der Waals surface area contributed by atoms with Gasteiger partial charge in [0.1, 0.15) is 5.82 Å². The number of hydrogen-bond acceptors (Lipinski definition) is 6. The molecule has 7 heteroatoms. The summed E-state index contributed by atoms with van der Waals surface area (Å²) in [6.45, 7) is 0. The van der Waals surface area contributed by atoms with Gasteiger partial charge in [-0.15, -0.1) is 0 Å². The van der Waals surface area contributed by atoms with Gasteiger partial charge < -0.3 is 20.3 Å². The van der Waals surface area contributed by atoms with Gasteiger partial charge >= 0.3 is 5.97 Å². The summed E-state index contributed by atoms with van der Waals surface area (Å²) >= 11 is 0. The summed E-state index contributed by atoms with van der Waals surface area (Å²) in [6.07, 6.45) is 1.55. The first kappa shape index (κ1) is 19.9. The molecular formula is C22H22N4O3. The van der Waals surface area contributed by atoms with E-state index >= 15 is 0 Å². The third-order valence-corrected chi connectivity index (χ3v) is 4.26. The average molecular weight is 390 g/mol. The van der Waals surface area contributed by atoms with Gasteiger partial charge in [0.2, 0.25) is 0 Å². The topological polar surface area (TPSA) is 83.6 Å². The van der Waals surface area contributed by atoms with E-state index in [0.717, 1.165) is 11.4 Å².